The van der Waals surface area contributed by atoms with E-state index in [2.05, 4.69) is 5.32 Å². The number of amides is 2. The number of hydrogen-bond acceptors (Lipinski definition) is 2. The molecule has 3 rings (SSSR count). The van der Waals surface area contributed by atoms with Crippen molar-refractivity contribution in [2.24, 2.45) is 0 Å². The maximum absolute atomic E-state index is 13.2. The van der Waals surface area contributed by atoms with Gasteiger partial charge in [0.25, 0.3) is 0 Å². The van der Waals surface area contributed by atoms with Gasteiger partial charge in [0.15, 0.2) is 0 Å². The molecule has 1 saturated carbocycles. The third-order valence-corrected chi connectivity index (χ3v) is 4.23. The van der Waals surface area contributed by atoms with Gasteiger partial charge < -0.3 is 14.6 Å². The van der Waals surface area contributed by atoms with Gasteiger partial charge in [0, 0.05) is 16.8 Å². The van der Waals surface area contributed by atoms with Crippen LogP contribution in [0, 0.1) is 6.92 Å². The van der Waals surface area contributed by atoms with E-state index in [1.165, 1.54) is 0 Å². The van der Waals surface area contributed by atoms with Crippen LogP contribution in [0.4, 0.5) is 14.9 Å². The minimum Gasteiger partial charge on any atom is -0.464 e. The first-order valence-electron chi connectivity index (χ1n) is 7.54. The number of furan rings is 1. The maximum atomic E-state index is 13.2. The lowest BCUT2D eigenvalue weighted by atomic mass is 9.89. The van der Waals surface area contributed by atoms with E-state index in [4.69, 9.17) is 16.0 Å². The van der Waals surface area contributed by atoms with Crippen LogP contribution >= 0.6 is 11.6 Å². The summed E-state index contributed by atoms with van der Waals surface area (Å²) in [6, 6.07) is 10.2. The molecular weight excluding hydrogens is 319 g/mol. The van der Waals surface area contributed by atoms with Crippen LogP contribution in [0.1, 0.15) is 24.4 Å². The number of urea groups is 1. The van der Waals surface area contributed by atoms with Crippen LogP contribution in [0.3, 0.4) is 0 Å². The number of aryl methyl sites for hydroxylation is 1. The monoisotopic (exact) mass is 336 g/mol. The molecule has 1 N–H and O–H groups in total. The topological polar surface area (TPSA) is 45.5 Å². The molecular formula is C17H18ClFN2O2. The SMILES string of the molecule is Cc1ccc(CN(C(=O)Nc2ccc(Cl)cc2)[C@H]2C[C@@H](F)C2)o1. The molecule has 2 amide bonds. The molecule has 0 aliphatic heterocycles. The fourth-order valence-corrected chi connectivity index (χ4v) is 2.74. The zero-order valence-corrected chi connectivity index (χ0v) is 13.5. The quantitative estimate of drug-likeness (QED) is 0.873. The highest BCUT2D eigenvalue weighted by Crippen LogP contribution is 2.30. The summed E-state index contributed by atoms with van der Waals surface area (Å²) >= 11 is 5.84. The zero-order chi connectivity index (χ0) is 16.4. The third kappa shape index (κ3) is 3.85. The van der Waals surface area contributed by atoms with Crippen LogP contribution in [-0.4, -0.2) is 23.1 Å². The van der Waals surface area contributed by atoms with Gasteiger partial charge in [0.1, 0.15) is 17.7 Å². The Balaban J connectivity index is 1.71. The Labute approximate surface area is 139 Å². The molecule has 1 aromatic heterocycles. The summed E-state index contributed by atoms with van der Waals surface area (Å²) in [7, 11) is 0. The van der Waals surface area contributed by atoms with E-state index in [1.807, 2.05) is 19.1 Å². The fraction of sp³-hybridized carbons (Fsp3) is 0.353. The first-order chi connectivity index (χ1) is 11.0. The molecule has 1 fully saturated rings. The van der Waals surface area contributed by atoms with Gasteiger partial charge in [0.05, 0.1) is 6.54 Å². The molecule has 1 aromatic carbocycles. The first kappa shape index (κ1) is 15.9. The number of carbonyl (C=O) groups excluding carboxylic acids is 1. The van der Waals surface area contributed by atoms with E-state index in [0.717, 1.165) is 5.76 Å². The highest BCUT2D eigenvalue weighted by molar-refractivity contribution is 6.30. The maximum Gasteiger partial charge on any atom is 0.322 e. The van der Waals surface area contributed by atoms with Gasteiger partial charge in [-0.1, -0.05) is 11.6 Å². The van der Waals surface area contributed by atoms with Crippen molar-refractivity contribution in [3.05, 3.63) is 52.9 Å². The van der Waals surface area contributed by atoms with Crippen LogP contribution in [0.5, 0.6) is 0 Å². The molecule has 6 heteroatoms. The second-order valence-corrected chi connectivity index (χ2v) is 6.24. The number of carbonyl (C=O) groups is 1. The molecule has 0 unspecified atom stereocenters. The van der Waals surface area contributed by atoms with Crippen LogP contribution < -0.4 is 5.32 Å². The Morgan fingerprint density at radius 1 is 1.30 bits per heavy atom. The number of anilines is 1. The number of hydrogen-bond donors (Lipinski definition) is 1. The van der Waals surface area contributed by atoms with Crippen LogP contribution in [-0.2, 0) is 6.54 Å². The molecule has 0 spiro atoms. The van der Waals surface area contributed by atoms with Crippen molar-refractivity contribution in [2.75, 3.05) is 5.32 Å². The number of rotatable bonds is 4. The second-order valence-electron chi connectivity index (χ2n) is 5.80. The van der Waals surface area contributed by atoms with E-state index in [1.54, 1.807) is 29.2 Å². The average Bonchev–Trinajstić information content (AvgIpc) is 2.89. The highest BCUT2D eigenvalue weighted by Gasteiger charge is 2.36. The lowest BCUT2D eigenvalue weighted by molar-refractivity contribution is 0.0711. The van der Waals surface area contributed by atoms with E-state index in [0.29, 0.717) is 35.9 Å². The van der Waals surface area contributed by atoms with E-state index < -0.39 is 6.17 Å². The third-order valence-electron chi connectivity index (χ3n) is 3.97. The standard InChI is InChI=1S/C17H18ClFN2O2/c1-11-2-7-16(23-11)10-21(15-8-13(19)9-15)17(22)20-14-5-3-12(18)4-6-14/h2-7,13,15H,8-10H2,1H3,(H,20,22)/t13-,15+. The van der Waals surface area contributed by atoms with E-state index in [9.17, 15) is 9.18 Å². The molecule has 1 aliphatic carbocycles. The van der Waals surface area contributed by atoms with Gasteiger partial charge in [-0.15, -0.1) is 0 Å². The smallest absolute Gasteiger partial charge is 0.322 e. The Morgan fingerprint density at radius 2 is 2.00 bits per heavy atom. The second kappa shape index (κ2) is 6.62. The summed E-state index contributed by atoms with van der Waals surface area (Å²) in [5, 5.41) is 3.43. The first-order valence-corrected chi connectivity index (χ1v) is 7.91. The summed E-state index contributed by atoms with van der Waals surface area (Å²) < 4.78 is 18.8. The Kier molecular flexibility index (Phi) is 4.57. The minimum atomic E-state index is -0.829. The van der Waals surface area contributed by atoms with Crippen LogP contribution in [0.25, 0.3) is 0 Å². The summed E-state index contributed by atoms with van der Waals surface area (Å²) in [5.74, 6) is 1.48. The molecule has 23 heavy (non-hydrogen) atoms. The van der Waals surface area contributed by atoms with Gasteiger partial charge in [-0.25, -0.2) is 9.18 Å². The molecule has 0 bridgehead atoms. The average molecular weight is 337 g/mol. The van der Waals surface area contributed by atoms with Crippen molar-refractivity contribution in [3.8, 4) is 0 Å². The fourth-order valence-electron chi connectivity index (χ4n) is 2.61. The molecule has 4 nitrogen and oxygen atoms in total. The van der Waals surface area contributed by atoms with E-state index >= 15 is 0 Å². The van der Waals surface area contributed by atoms with Crippen LogP contribution in [0.2, 0.25) is 5.02 Å². The summed E-state index contributed by atoms with van der Waals surface area (Å²) in [6.07, 6.45) is -0.0919. The highest BCUT2D eigenvalue weighted by atomic mass is 35.5. The van der Waals surface area contributed by atoms with Gasteiger partial charge >= 0.3 is 6.03 Å². The Bertz CT molecular complexity index is 680. The molecule has 122 valence electrons. The predicted octanol–water partition coefficient (Wildman–Crippen LogP) is 4.78. The molecule has 1 aliphatic rings. The minimum absolute atomic E-state index is 0.109. The van der Waals surface area contributed by atoms with Crippen molar-refractivity contribution in [1.29, 1.82) is 0 Å². The number of benzene rings is 1. The Morgan fingerprint density at radius 3 is 2.57 bits per heavy atom. The van der Waals surface area contributed by atoms with Crippen molar-refractivity contribution in [3.63, 3.8) is 0 Å². The summed E-state index contributed by atoms with van der Waals surface area (Å²) in [4.78, 5) is 14.2. The van der Waals surface area contributed by atoms with Gasteiger partial charge in [-0.2, -0.15) is 0 Å². The molecule has 0 atom stereocenters. The Hall–Kier alpha value is -2.01. The van der Waals surface area contributed by atoms with Gasteiger partial charge in [-0.05, 0) is 56.2 Å². The van der Waals surface area contributed by atoms with Crippen molar-refractivity contribution in [2.45, 2.75) is 38.5 Å². The molecule has 0 radical (unpaired) electrons. The van der Waals surface area contributed by atoms with Crippen molar-refractivity contribution < 1.29 is 13.6 Å². The molecule has 1 heterocycles. The number of alkyl halides is 1. The van der Waals surface area contributed by atoms with Crippen LogP contribution in [0.15, 0.2) is 40.8 Å². The molecule has 2 aromatic rings. The normalized spacial score (nSPS) is 20.0. The molecule has 0 saturated heterocycles. The van der Waals surface area contributed by atoms with Gasteiger partial charge in [0.2, 0.25) is 0 Å². The zero-order valence-electron chi connectivity index (χ0n) is 12.8. The lowest BCUT2D eigenvalue weighted by Crippen LogP contribution is -2.49. The van der Waals surface area contributed by atoms with E-state index in [-0.39, 0.29) is 12.1 Å². The number of nitrogens with zero attached hydrogens (tertiary/aromatic N) is 1. The number of halogens is 2. The summed E-state index contributed by atoms with van der Waals surface area (Å²) in [5.41, 5.74) is 0.649. The lowest BCUT2D eigenvalue weighted by Gasteiger charge is -2.39. The number of nitrogens with one attached hydrogen (secondary N) is 1. The largest absolute Gasteiger partial charge is 0.464 e. The summed E-state index contributed by atoms with van der Waals surface area (Å²) in [6.45, 7) is 2.17. The predicted molar refractivity (Wildman–Crippen MR) is 87.4 cm³/mol. The van der Waals surface area contributed by atoms with Gasteiger partial charge in [-0.3, -0.25) is 0 Å². The van der Waals surface area contributed by atoms with Crippen molar-refractivity contribution in [1.82, 2.24) is 4.90 Å². The van der Waals surface area contributed by atoms with Crippen molar-refractivity contribution >= 4 is 23.3 Å².